The molecular weight excluding hydrogens is 328 g/mol. The smallest absolute Gasteiger partial charge is 0.251 e. The first kappa shape index (κ1) is 16.6. The molecule has 6 heteroatoms. The molecule has 1 saturated heterocycles. The Balaban J connectivity index is 1.65. The molecule has 124 valence electrons. The van der Waals surface area contributed by atoms with E-state index in [1.54, 1.807) is 24.3 Å². The molecule has 0 aromatic heterocycles. The van der Waals surface area contributed by atoms with Crippen LogP contribution in [0.2, 0.25) is 5.02 Å². The van der Waals surface area contributed by atoms with E-state index in [-0.39, 0.29) is 24.8 Å². The summed E-state index contributed by atoms with van der Waals surface area (Å²) in [4.78, 5) is 25.8. The molecule has 2 amide bonds. The van der Waals surface area contributed by atoms with E-state index in [9.17, 15) is 14.7 Å². The van der Waals surface area contributed by atoms with E-state index in [1.165, 1.54) is 0 Å². The average Bonchev–Trinajstić information content (AvgIpc) is 2.88. The van der Waals surface area contributed by atoms with Gasteiger partial charge in [0.15, 0.2) is 0 Å². The zero-order valence-electron chi connectivity index (χ0n) is 12.9. The van der Waals surface area contributed by atoms with E-state index in [4.69, 9.17) is 11.6 Å². The molecule has 0 aliphatic carbocycles. The number of imide groups is 1. The Morgan fingerprint density at radius 2 is 1.79 bits per heavy atom. The van der Waals surface area contributed by atoms with E-state index in [1.807, 2.05) is 30.3 Å². The summed E-state index contributed by atoms with van der Waals surface area (Å²) in [7, 11) is 0. The van der Waals surface area contributed by atoms with Gasteiger partial charge in [0.25, 0.3) is 5.91 Å². The third kappa shape index (κ3) is 3.48. The van der Waals surface area contributed by atoms with Gasteiger partial charge in [0.2, 0.25) is 5.91 Å². The topological polar surface area (TPSA) is 69.6 Å². The van der Waals surface area contributed by atoms with Gasteiger partial charge in [-0.25, -0.2) is 4.90 Å². The van der Waals surface area contributed by atoms with Crippen molar-refractivity contribution in [2.24, 2.45) is 0 Å². The number of aliphatic hydroxyl groups is 1. The fraction of sp³-hybridized carbons (Fsp3) is 0.222. The van der Waals surface area contributed by atoms with Gasteiger partial charge in [0, 0.05) is 11.6 Å². The van der Waals surface area contributed by atoms with Crippen molar-refractivity contribution in [1.82, 2.24) is 5.32 Å². The molecule has 0 spiro atoms. The highest BCUT2D eigenvalue weighted by molar-refractivity contribution is 6.30. The van der Waals surface area contributed by atoms with E-state index < -0.39 is 12.1 Å². The molecule has 3 rings (SSSR count). The Hall–Kier alpha value is -2.21. The molecule has 2 atom stereocenters. The lowest BCUT2D eigenvalue weighted by molar-refractivity contribution is -0.121. The molecule has 0 saturated carbocycles. The Morgan fingerprint density at radius 3 is 2.46 bits per heavy atom. The van der Waals surface area contributed by atoms with Crippen LogP contribution in [0.4, 0.5) is 5.69 Å². The predicted molar refractivity (Wildman–Crippen MR) is 91.8 cm³/mol. The number of nitrogens with one attached hydrogen (secondary N) is 1. The quantitative estimate of drug-likeness (QED) is 0.817. The van der Waals surface area contributed by atoms with Crippen LogP contribution in [0.1, 0.15) is 18.1 Å². The molecule has 5 nitrogen and oxygen atoms in total. The van der Waals surface area contributed by atoms with Crippen molar-refractivity contribution in [2.75, 3.05) is 11.4 Å². The molecule has 1 aliphatic rings. The SMILES string of the molecule is O=C1C[C@H](NC[C@@H](O)c2ccccc2)C(=O)N1c1ccc(Cl)cc1. The first-order valence-corrected chi connectivity index (χ1v) is 8.03. The van der Waals surface area contributed by atoms with Crippen LogP contribution in [0.25, 0.3) is 0 Å². The number of nitrogens with zero attached hydrogens (tertiary/aromatic N) is 1. The van der Waals surface area contributed by atoms with Crippen LogP contribution in [-0.4, -0.2) is 29.5 Å². The normalized spacial score (nSPS) is 18.9. The summed E-state index contributed by atoms with van der Waals surface area (Å²) in [5.74, 6) is -0.586. The van der Waals surface area contributed by atoms with Crippen LogP contribution in [0.3, 0.4) is 0 Å². The van der Waals surface area contributed by atoms with Gasteiger partial charge in [-0.15, -0.1) is 0 Å². The van der Waals surface area contributed by atoms with Crippen LogP contribution in [0, 0.1) is 0 Å². The minimum Gasteiger partial charge on any atom is -0.387 e. The van der Waals surface area contributed by atoms with Crippen molar-refractivity contribution >= 4 is 29.1 Å². The molecule has 24 heavy (non-hydrogen) atoms. The Morgan fingerprint density at radius 1 is 1.12 bits per heavy atom. The molecule has 1 heterocycles. The summed E-state index contributed by atoms with van der Waals surface area (Å²) in [6.07, 6.45) is -0.665. The Kier molecular flexibility index (Phi) is 4.94. The maximum atomic E-state index is 12.5. The van der Waals surface area contributed by atoms with Crippen molar-refractivity contribution in [3.8, 4) is 0 Å². The van der Waals surface area contributed by atoms with Crippen molar-refractivity contribution in [1.29, 1.82) is 0 Å². The van der Waals surface area contributed by atoms with E-state index in [2.05, 4.69) is 5.32 Å². The lowest BCUT2D eigenvalue weighted by Gasteiger charge is -2.17. The van der Waals surface area contributed by atoms with Crippen LogP contribution < -0.4 is 10.2 Å². The van der Waals surface area contributed by atoms with Crippen LogP contribution in [-0.2, 0) is 9.59 Å². The van der Waals surface area contributed by atoms with Gasteiger partial charge < -0.3 is 10.4 Å². The molecule has 0 bridgehead atoms. The minimum absolute atomic E-state index is 0.0724. The summed E-state index contributed by atoms with van der Waals surface area (Å²) in [6.45, 7) is 0.197. The monoisotopic (exact) mass is 344 g/mol. The number of amides is 2. The zero-order chi connectivity index (χ0) is 17.1. The standard InChI is InChI=1S/C18H17ClN2O3/c19-13-6-8-14(9-7-13)21-17(23)10-15(18(21)24)20-11-16(22)12-4-2-1-3-5-12/h1-9,15-16,20,22H,10-11H2/t15-,16+/m0/s1. The van der Waals surface area contributed by atoms with Crippen LogP contribution in [0.5, 0.6) is 0 Å². The Labute approximate surface area is 144 Å². The molecule has 1 fully saturated rings. The summed E-state index contributed by atoms with van der Waals surface area (Å²) in [5, 5.41) is 13.7. The third-order valence-electron chi connectivity index (χ3n) is 3.97. The van der Waals surface area contributed by atoms with Crippen molar-refractivity contribution in [3.05, 3.63) is 65.2 Å². The van der Waals surface area contributed by atoms with Crippen LogP contribution in [0.15, 0.2) is 54.6 Å². The lowest BCUT2D eigenvalue weighted by atomic mass is 10.1. The molecule has 2 aromatic carbocycles. The van der Waals surface area contributed by atoms with Crippen LogP contribution >= 0.6 is 11.6 Å². The molecule has 2 N–H and O–H groups in total. The van der Waals surface area contributed by atoms with Gasteiger partial charge in [-0.3, -0.25) is 9.59 Å². The number of benzene rings is 2. The van der Waals surface area contributed by atoms with Crippen molar-refractivity contribution in [2.45, 2.75) is 18.6 Å². The summed E-state index contributed by atoms with van der Waals surface area (Å²) < 4.78 is 0. The fourth-order valence-corrected chi connectivity index (χ4v) is 2.83. The molecular formula is C18H17ClN2O3. The number of hydrogen-bond acceptors (Lipinski definition) is 4. The second kappa shape index (κ2) is 7.13. The number of aliphatic hydroxyl groups excluding tert-OH is 1. The highest BCUT2D eigenvalue weighted by Crippen LogP contribution is 2.24. The predicted octanol–water partition coefficient (Wildman–Crippen LogP) is 2.30. The second-order valence-corrected chi connectivity index (χ2v) is 6.07. The third-order valence-corrected chi connectivity index (χ3v) is 4.23. The number of carbonyl (C=O) groups is 2. The molecule has 1 aliphatic heterocycles. The zero-order valence-corrected chi connectivity index (χ0v) is 13.6. The van der Waals surface area contributed by atoms with Gasteiger partial charge >= 0.3 is 0 Å². The lowest BCUT2D eigenvalue weighted by Crippen LogP contribution is -2.40. The van der Waals surface area contributed by atoms with E-state index in [0.29, 0.717) is 10.7 Å². The largest absolute Gasteiger partial charge is 0.387 e. The number of anilines is 1. The first-order chi connectivity index (χ1) is 11.6. The maximum absolute atomic E-state index is 12.5. The van der Waals surface area contributed by atoms with Crippen molar-refractivity contribution in [3.63, 3.8) is 0 Å². The number of carbonyl (C=O) groups excluding carboxylic acids is 2. The number of hydrogen-bond donors (Lipinski definition) is 2. The summed E-state index contributed by atoms with van der Waals surface area (Å²) in [5.41, 5.74) is 1.26. The van der Waals surface area contributed by atoms with E-state index in [0.717, 1.165) is 10.5 Å². The van der Waals surface area contributed by atoms with Gasteiger partial charge in [0.05, 0.1) is 24.3 Å². The number of rotatable bonds is 5. The summed E-state index contributed by atoms with van der Waals surface area (Å²) >= 11 is 5.83. The molecule has 0 radical (unpaired) electrons. The van der Waals surface area contributed by atoms with Gasteiger partial charge in [-0.1, -0.05) is 41.9 Å². The highest BCUT2D eigenvalue weighted by atomic mass is 35.5. The average molecular weight is 345 g/mol. The van der Waals surface area contributed by atoms with Gasteiger partial charge in [-0.05, 0) is 29.8 Å². The highest BCUT2D eigenvalue weighted by Gasteiger charge is 2.39. The van der Waals surface area contributed by atoms with E-state index >= 15 is 0 Å². The molecule has 0 unspecified atom stereocenters. The minimum atomic E-state index is -0.737. The molecule has 2 aromatic rings. The van der Waals surface area contributed by atoms with Crippen molar-refractivity contribution < 1.29 is 14.7 Å². The first-order valence-electron chi connectivity index (χ1n) is 7.65. The van der Waals surface area contributed by atoms with Gasteiger partial charge in [0.1, 0.15) is 0 Å². The summed E-state index contributed by atoms with van der Waals surface area (Å²) in [6, 6.07) is 15.1. The second-order valence-electron chi connectivity index (χ2n) is 5.64. The maximum Gasteiger partial charge on any atom is 0.251 e. The fourth-order valence-electron chi connectivity index (χ4n) is 2.70. The van der Waals surface area contributed by atoms with Gasteiger partial charge in [-0.2, -0.15) is 0 Å². The number of halogens is 1. The Bertz CT molecular complexity index is 734.